The van der Waals surface area contributed by atoms with Gasteiger partial charge in [-0.15, -0.1) is 11.3 Å². The third-order valence-electron chi connectivity index (χ3n) is 4.78. The van der Waals surface area contributed by atoms with Crippen LogP contribution in [0.5, 0.6) is 0 Å². The zero-order chi connectivity index (χ0) is 20.2. The standard InChI is InChI=1S/C23H21N3O2S/c1-15-8-10-17(11-9-15)25-22(27)20(26-23(28)21-7-4-12-29-21)13-16-14-24-19-6-3-2-5-18(16)19/h2-12,14,20,24H,13H2,1H3,(H,25,27)(H,26,28)/t20-/m1/s1. The van der Waals surface area contributed by atoms with E-state index in [1.807, 2.05) is 73.1 Å². The summed E-state index contributed by atoms with van der Waals surface area (Å²) in [6, 6.07) is 18.4. The summed E-state index contributed by atoms with van der Waals surface area (Å²) in [5, 5.41) is 8.71. The molecule has 4 rings (SSSR count). The highest BCUT2D eigenvalue weighted by Crippen LogP contribution is 2.20. The molecule has 5 nitrogen and oxygen atoms in total. The topological polar surface area (TPSA) is 74.0 Å². The fourth-order valence-electron chi connectivity index (χ4n) is 3.23. The van der Waals surface area contributed by atoms with Crippen molar-refractivity contribution in [1.29, 1.82) is 0 Å². The second-order valence-electron chi connectivity index (χ2n) is 6.92. The molecule has 0 fully saturated rings. The highest BCUT2D eigenvalue weighted by Gasteiger charge is 2.23. The number of para-hydroxylation sites is 1. The van der Waals surface area contributed by atoms with E-state index >= 15 is 0 Å². The van der Waals surface area contributed by atoms with Crippen molar-refractivity contribution in [3.05, 3.63) is 88.2 Å². The minimum absolute atomic E-state index is 0.246. The first-order valence-corrected chi connectivity index (χ1v) is 10.2. The first-order chi connectivity index (χ1) is 14.1. The van der Waals surface area contributed by atoms with Crippen LogP contribution in [0, 0.1) is 6.92 Å². The molecular weight excluding hydrogens is 382 g/mol. The van der Waals surface area contributed by atoms with E-state index in [9.17, 15) is 9.59 Å². The number of hydrogen-bond acceptors (Lipinski definition) is 3. The highest BCUT2D eigenvalue weighted by molar-refractivity contribution is 7.12. The molecule has 2 heterocycles. The van der Waals surface area contributed by atoms with Gasteiger partial charge >= 0.3 is 0 Å². The van der Waals surface area contributed by atoms with Crippen molar-refractivity contribution in [2.24, 2.45) is 0 Å². The van der Waals surface area contributed by atoms with Crippen molar-refractivity contribution in [1.82, 2.24) is 10.3 Å². The Bertz CT molecular complexity index is 1130. The summed E-state index contributed by atoms with van der Waals surface area (Å²) < 4.78 is 0. The van der Waals surface area contributed by atoms with Gasteiger partial charge in [-0.05, 0) is 42.1 Å². The Morgan fingerprint density at radius 1 is 1.03 bits per heavy atom. The maximum absolute atomic E-state index is 13.0. The van der Waals surface area contributed by atoms with Gasteiger partial charge in [0.2, 0.25) is 5.91 Å². The molecule has 0 radical (unpaired) electrons. The Labute approximate surface area is 172 Å². The number of anilines is 1. The van der Waals surface area contributed by atoms with Gasteiger partial charge in [0.15, 0.2) is 0 Å². The van der Waals surface area contributed by atoms with E-state index < -0.39 is 6.04 Å². The van der Waals surface area contributed by atoms with Gasteiger partial charge in [-0.3, -0.25) is 9.59 Å². The number of aromatic nitrogens is 1. The van der Waals surface area contributed by atoms with Gasteiger partial charge in [0, 0.05) is 29.2 Å². The van der Waals surface area contributed by atoms with Gasteiger partial charge in [0.25, 0.3) is 5.91 Å². The van der Waals surface area contributed by atoms with Crippen LogP contribution in [0.3, 0.4) is 0 Å². The van der Waals surface area contributed by atoms with E-state index in [0.717, 1.165) is 22.0 Å². The predicted octanol–water partition coefficient (Wildman–Crippen LogP) is 4.52. The van der Waals surface area contributed by atoms with Crippen molar-refractivity contribution in [2.75, 3.05) is 5.32 Å². The summed E-state index contributed by atoms with van der Waals surface area (Å²) in [7, 11) is 0. The average Bonchev–Trinajstić information content (AvgIpc) is 3.40. The SMILES string of the molecule is Cc1ccc(NC(=O)[C@@H](Cc2c[nH]c3ccccc23)NC(=O)c2cccs2)cc1. The third-order valence-corrected chi connectivity index (χ3v) is 5.65. The molecule has 2 aromatic carbocycles. The van der Waals surface area contributed by atoms with Crippen molar-refractivity contribution in [3.8, 4) is 0 Å². The molecule has 29 heavy (non-hydrogen) atoms. The van der Waals surface area contributed by atoms with Crippen LogP contribution in [0.15, 0.2) is 72.2 Å². The lowest BCUT2D eigenvalue weighted by Gasteiger charge is -2.18. The maximum Gasteiger partial charge on any atom is 0.262 e. The summed E-state index contributed by atoms with van der Waals surface area (Å²) in [4.78, 5) is 29.5. The highest BCUT2D eigenvalue weighted by atomic mass is 32.1. The molecule has 0 aliphatic heterocycles. The average molecular weight is 404 g/mol. The lowest BCUT2D eigenvalue weighted by atomic mass is 10.0. The van der Waals surface area contributed by atoms with Crippen LogP contribution < -0.4 is 10.6 Å². The van der Waals surface area contributed by atoms with E-state index in [1.165, 1.54) is 11.3 Å². The lowest BCUT2D eigenvalue weighted by Crippen LogP contribution is -2.45. The summed E-state index contributed by atoms with van der Waals surface area (Å²) >= 11 is 1.35. The molecule has 0 saturated heterocycles. The molecule has 2 aromatic heterocycles. The van der Waals surface area contributed by atoms with Crippen LogP contribution in [0.25, 0.3) is 10.9 Å². The number of H-pyrrole nitrogens is 1. The molecule has 146 valence electrons. The number of aromatic amines is 1. The molecular formula is C23H21N3O2S. The van der Waals surface area contributed by atoms with Crippen LogP contribution >= 0.6 is 11.3 Å². The van der Waals surface area contributed by atoms with Crippen molar-refractivity contribution in [2.45, 2.75) is 19.4 Å². The summed E-state index contributed by atoms with van der Waals surface area (Å²) in [5.74, 6) is -0.493. The summed E-state index contributed by atoms with van der Waals surface area (Å²) in [5.41, 5.74) is 3.81. The van der Waals surface area contributed by atoms with Crippen molar-refractivity contribution in [3.63, 3.8) is 0 Å². The monoisotopic (exact) mass is 403 g/mol. The lowest BCUT2D eigenvalue weighted by molar-refractivity contribution is -0.118. The number of thiophene rings is 1. The molecule has 2 amide bonds. The number of rotatable bonds is 6. The molecule has 1 atom stereocenters. The normalized spacial score (nSPS) is 11.9. The molecule has 4 aromatic rings. The smallest absolute Gasteiger partial charge is 0.262 e. The number of nitrogens with one attached hydrogen (secondary N) is 3. The van der Waals surface area contributed by atoms with E-state index in [-0.39, 0.29) is 11.8 Å². The molecule has 3 N–H and O–H groups in total. The molecule has 0 bridgehead atoms. The Morgan fingerprint density at radius 2 is 1.83 bits per heavy atom. The number of benzene rings is 2. The number of amides is 2. The Morgan fingerprint density at radius 3 is 2.59 bits per heavy atom. The van der Waals surface area contributed by atoms with Gasteiger partial charge < -0.3 is 15.6 Å². The number of hydrogen-bond donors (Lipinski definition) is 3. The molecule has 0 aliphatic carbocycles. The molecule has 0 saturated carbocycles. The number of fused-ring (bicyclic) bond motifs is 1. The zero-order valence-corrected chi connectivity index (χ0v) is 16.8. The van der Waals surface area contributed by atoms with E-state index in [1.54, 1.807) is 6.07 Å². The van der Waals surface area contributed by atoms with E-state index in [0.29, 0.717) is 17.0 Å². The van der Waals surface area contributed by atoms with Crippen molar-refractivity contribution < 1.29 is 9.59 Å². The Hall–Kier alpha value is -3.38. The van der Waals surface area contributed by atoms with Crippen LogP contribution in [0.2, 0.25) is 0 Å². The van der Waals surface area contributed by atoms with Crippen LogP contribution in [-0.4, -0.2) is 22.8 Å². The number of carbonyl (C=O) groups excluding carboxylic acids is 2. The van der Waals surface area contributed by atoms with Gasteiger partial charge in [-0.25, -0.2) is 0 Å². The second-order valence-corrected chi connectivity index (χ2v) is 7.87. The molecule has 0 aliphatic rings. The molecule has 6 heteroatoms. The summed E-state index contributed by atoms with van der Waals surface area (Å²) in [6.07, 6.45) is 2.28. The van der Waals surface area contributed by atoms with Crippen LogP contribution in [0.1, 0.15) is 20.8 Å². The van der Waals surface area contributed by atoms with Gasteiger partial charge in [0.1, 0.15) is 6.04 Å². The first-order valence-electron chi connectivity index (χ1n) is 9.37. The Balaban J connectivity index is 1.58. The fraction of sp³-hybridized carbons (Fsp3) is 0.130. The maximum atomic E-state index is 13.0. The first kappa shape index (κ1) is 19.0. The number of aryl methyl sites for hydroxylation is 1. The van der Waals surface area contributed by atoms with E-state index in [2.05, 4.69) is 15.6 Å². The fourth-order valence-corrected chi connectivity index (χ4v) is 3.86. The predicted molar refractivity (Wildman–Crippen MR) is 117 cm³/mol. The van der Waals surface area contributed by atoms with Crippen molar-refractivity contribution >= 4 is 39.7 Å². The largest absolute Gasteiger partial charge is 0.361 e. The van der Waals surface area contributed by atoms with Crippen LogP contribution in [-0.2, 0) is 11.2 Å². The van der Waals surface area contributed by atoms with Gasteiger partial charge in [-0.2, -0.15) is 0 Å². The van der Waals surface area contributed by atoms with Gasteiger partial charge in [0.05, 0.1) is 4.88 Å². The quantitative estimate of drug-likeness (QED) is 0.443. The summed E-state index contributed by atoms with van der Waals surface area (Å²) in [6.45, 7) is 1.99. The minimum atomic E-state index is -0.704. The van der Waals surface area contributed by atoms with Crippen LogP contribution in [0.4, 0.5) is 5.69 Å². The molecule has 0 unspecified atom stereocenters. The zero-order valence-electron chi connectivity index (χ0n) is 15.9. The third kappa shape index (κ3) is 4.38. The molecule has 0 spiro atoms. The van der Waals surface area contributed by atoms with Gasteiger partial charge in [-0.1, -0.05) is 42.0 Å². The van der Waals surface area contributed by atoms with E-state index in [4.69, 9.17) is 0 Å². The minimum Gasteiger partial charge on any atom is -0.361 e. The number of carbonyl (C=O) groups is 2. The second kappa shape index (κ2) is 8.32. The Kier molecular flexibility index (Phi) is 5.44.